The first-order valence-corrected chi connectivity index (χ1v) is 12.7. The SMILES string of the molecule is C[Si](C)(C)n1ccccn([Si](C)(C)C)cc1. The van der Waals surface area contributed by atoms with E-state index in [9.17, 15) is 0 Å². The summed E-state index contributed by atoms with van der Waals surface area (Å²) in [5.74, 6) is 0. The summed E-state index contributed by atoms with van der Waals surface area (Å²) >= 11 is 0. The van der Waals surface area contributed by atoms with E-state index in [1.54, 1.807) is 0 Å². The van der Waals surface area contributed by atoms with Gasteiger partial charge in [-0.05, 0) is 24.5 Å². The van der Waals surface area contributed by atoms with Crippen LogP contribution in [-0.4, -0.2) is 24.9 Å². The van der Waals surface area contributed by atoms with Crippen LogP contribution < -0.4 is 0 Å². The van der Waals surface area contributed by atoms with E-state index in [-0.39, 0.29) is 0 Å². The monoisotopic (exact) mass is 252 g/mol. The van der Waals surface area contributed by atoms with Crippen LogP contribution in [0.1, 0.15) is 0 Å². The van der Waals surface area contributed by atoms with Gasteiger partial charge >= 0.3 is 0 Å². The highest BCUT2D eigenvalue weighted by molar-refractivity contribution is 6.75. The van der Waals surface area contributed by atoms with Crippen LogP contribution in [0.3, 0.4) is 0 Å². The molecular formula is C12H24N2Si2. The lowest BCUT2D eigenvalue weighted by Gasteiger charge is -2.23. The second kappa shape index (κ2) is 4.63. The molecular weight excluding hydrogens is 228 g/mol. The third kappa shape index (κ3) is 3.68. The summed E-state index contributed by atoms with van der Waals surface area (Å²) in [5, 5.41) is 0. The molecule has 16 heavy (non-hydrogen) atoms. The number of hydrogen-bond acceptors (Lipinski definition) is 0. The first kappa shape index (κ1) is 13.3. The standard InChI is InChI=1S/C12H24N2Si2/c1-15(2,3)13-9-7-8-10-14(12-11-13)16(4,5)6/h7-12H,1-6H3. The molecule has 0 aromatic carbocycles. The molecule has 0 saturated heterocycles. The molecule has 1 aromatic rings. The van der Waals surface area contributed by atoms with E-state index in [4.69, 9.17) is 0 Å². The maximum absolute atomic E-state index is 2.38. The summed E-state index contributed by atoms with van der Waals surface area (Å²) in [7, 11) is -2.57. The number of nitrogens with zero attached hydrogens (tertiary/aromatic N) is 2. The van der Waals surface area contributed by atoms with Gasteiger partial charge in [0, 0.05) is 12.4 Å². The smallest absolute Gasteiger partial charge is 0.152 e. The highest BCUT2D eigenvalue weighted by Crippen LogP contribution is 2.07. The first-order chi connectivity index (χ1) is 7.21. The van der Waals surface area contributed by atoms with Crippen molar-refractivity contribution in [3.05, 3.63) is 36.9 Å². The van der Waals surface area contributed by atoms with Gasteiger partial charge in [0.05, 0.1) is 0 Å². The number of aromatic nitrogens is 2. The third-order valence-electron chi connectivity index (χ3n) is 2.54. The molecule has 2 nitrogen and oxygen atoms in total. The van der Waals surface area contributed by atoms with Gasteiger partial charge in [0.25, 0.3) is 0 Å². The van der Waals surface area contributed by atoms with Crippen LogP contribution in [0.4, 0.5) is 0 Å². The molecule has 1 heterocycles. The van der Waals surface area contributed by atoms with Crippen LogP contribution in [0.15, 0.2) is 36.9 Å². The molecule has 0 N–H and O–H groups in total. The van der Waals surface area contributed by atoms with Gasteiger partial charge in [-0.15, -0.1) is 0 Å². The Bertz CT molecular complexity index is 352. The highest BCUT2D eigenvalue weighted by Gasteiger charge is 2.15. The van der Waals surface area contributed by atoms with Crippen LogP contribution >= 0.6 is 0 Å². The van der Waals surface area contributed by atoms with Gasteiger partial charge in [-0.1, -0.05) is 39.3 Å². The Morgan fingerprint density at radius 2 is 0.875 bits per heavy atom. The lowest BCUT2D eigenvalue weighted by Crippen LogP contribution is -2.33. The Balaban J connectivity index is 3.28. The lowest BCUT2D eigenvalue weighted by atomic mass is 10.6. The Morgan fingerprint density at radius 3 is 1.12 bits per heavy atom. The van der Waals surface area contributed by atoms with E-state index in [1.807, 2.05) is 0 Å². The largest absolute Gasteiger partial charge is 0.380 e. The van der Waals surface area contributed by atoms with Crippen molar-refractivity contribution in [2.75, 3.05) is 0 Å². The summed E-state index contributed by atoms with van der Waals surface area (Å²) in [4.78, 5) is 0. The molecule has 0 aliphatic carbocycles. The average Bonchev–Trinajstić information content (AvgIpc) is 1.96. The van der Waals surface area contributed by atoms with E-state index in [0.29, 0.717) is 0 Å². The van der Waals surface area contributed by atoms with E-state index in [1.165, 1.54) is 0 Å². The van der Waals surface area contributed by atoms with E-state index < -0.39 is 16.5 Å². The van der Waals surface area contributed by atoms with Gasteiger partial charge < -0.3 is 8.47 Å². The quantitative estimate of drug-likeness (QED) is 0.709. The molecule has 0 unspecified atom stereocenters. The molecule has 1 aromatic heterocycles. The summed E-state index contributed by atoms with van der Waals surface area (Å²) in [5.41, 5.74) is 0. The molecule has 1 rings (SSSR count). The molecule has 0 aliphatic rings. The van der Waals surface area contributed by atoms with Gasteiger partial charge in [0.15, 0.2) is 16.5 Å². The zero-order valence-corrected chi connectivity index (χ0v) is 13.4. The second-order valence-electron chi connectivity index (χ2n) is 6.14. The molecule has 0 aliphatic heterocycles. The Kier molecular flexibility index (Phi) is 3.85. The second-order valence-corrected chi connectivity index (χ2v) is 15.9. The molecule has 0 amide bonds. The fraction of sp³-hybridized carbons (Fsp3) is 0.500. The minimum atomic E-state index is -1.29. The van der Waals surface area contributed by atoms with Gasteiger partial charge in [0.1, 0.15) is 0 Å². The minimum absolute atomic E-state index is 1.29. The van der Waals surface area contributed by atoms with Crippen LogP contribution in [0.25, 0.3) is 0 Å². The molecule has 0 radical (unpaired) electrons. The highest BCUT2D eigenvalue weighted by atomic mass is 28.3. The van der Waals surface area contributed by atoms with Crippen molar-refractivity contribution in [3.8, 4) is 0 Å². The Labute approximate surface area is 101 Å². The zero-order chi connectivity index (χ0) is 12.4. The third-order valence-corrected chi connectivity index (χ3v) is 6.24. The van der Waals surface area contributed by atoms with Gasteiger partial charge in [-0.3, -0.25) is 0 Å². The normalized spacial score (nSPS) is 12.4. The summed E-state index contributed by atoms with van der Waals surface area (Å²) in [6.07, 6.45) is 8.82. The number of rotatable bonds is 2. The fourth-order valence-corrected chi connectivity index (χ4v) is 3.52. The maximum Gasteiger partial charge on any atom is 0.152 e. The predicted octanol–water partition coefficient (Wildman–Crippen LogP) is 3.78. The molecule has 0 fully saturated rings. The van der Waals surface area contributed by atoms with Crippen LogP contribution in [0, 0.1) is 0 Å². The average molecular weight is 253 g/mol. The van der Waals surface area contributed by atoms with Gasteiger partial charge in [-0.25, -0.2) is 0 Å². The van der Waals surface area contributed by atoms with Crippen molar-refractivity contribution >= 4 is 16.5 Å². The first-order valence-electron chi connectivity index (χ1n) is 5.81. The summed E-state index contributed by atoms with van der Waals surface area (Å²) in [6, 6.07) is 4.27. The van der Waals surface area contributed by atoms with Crippen molar-refractivity contribution in [3.63, 3.8) is 0 Å². The summed E-state index contributed by atoms with van der Waals surface area (Å²) < 4.78 is 4.76. The van der Waals surface area contributed by atoms with Crippen LogP contribution in [0.2, 0.25) is 39.3 Å². The Hall–Kier alpha value is -0.746. The zero-order valence-electron chi connectivity index (χ0n) is 11.4. The lowest BCUT2D eigenvalue weighted by molar-refractivity contribution is 1.05. The molecule has 0 spiro atoms. The van der Waals surface area contributed by atoms with E-state index in [2.05, 4.69) is 84.7 Å². The fourth-order valence-electron chi connectivity index (χ4n) is 1.42. The van der Waals surface area contributed by atoms with Gasteiger partial charge in [0.2, 0.25) is 0 Å². The van der Waals surface area contributed by atoms with E-state index >= 15 is 0 Å². The van der Waals surface area contributed by atoms with Crippen molar-refractivity contribution in [2.45, 2.75) is 39.3 Å². The van der Waals surface area contributed by atoms with Crippen LogP contribution in [0.5, 0.6) is 0 Å². The number of hydrogen-bond donors (Lipinski definition) is 0. The van der Waals surface area contributed by atoms with Crippen molar-refractivity contribution in [1.82, 2.24) is 8.47 Å². The molecule has 0 atom stereocenters. The van der Waals surface area contributed by atoms with Crippen molar-refractivity contribution in [2.24, 2.45) is 0 Å². The predicted molar refractivity (Wildman–Crippen MR) is 77.5 cm³/mol. The summed E-state index contributed by atoms with van der Waals surface area (Å²) in [6.45, 7) is 14.1. The minimum Gasteiger partial charge on any atom is -0.380 e. The van der Waals surface area contributed by atoms with E-state index in [0.717, 1.165) is 0 Å². The molecule has 0 saturated carbocycles. The maximum atomic E-state index is 2.38. The van der Waals surface area contributed by atoms with Gasteiger partial charge in [-0.2, -0.15) is 0 Å². The van der Waals surface area contributed by atoms with Crippen LogP contribution in [-0.2, 0) is 0 Å². The molecule has 4 heteroatoms. The topological polar surface area (TPSA) is 9.86 Å². The van der Waals surface area contributed by atoms with Crippen molar-refractivity contribution < 1.29 is 0 Å². The van der Waals surface area contributed by atoms with Crippen molar-refractivity contribution in [1.29, 1.82) is 0 Å². The molecule has 90 valence electrons. The molecule has 0 bridgehead atoms. The Morgan fingerprint density at radius 1 is 0.562 bits per heavy atom.